The number of morpholine rings is 1. The van der Waals surface area contributed by atoms with Crippen molar-refractivity contribution in [2.45, 2.75) is 32.8 Å². The minimum Gasteiger partial charge on any atom is -0.374 e. The Morgan fingerprint density at radius 2 is 2.22 bits per heavy atom. The highest BCUT2D eigenvalue weighted by atomic mass is 16.5. The van der Waals surface area contributed by atoms with Gasteiger partial charge in [-0.05, 0) is 12.3 Å². The van der Waals surface area contributed by atoms with E-state index >= 15 is 0 Å². The molecule has 1 fully saturated rings. The molecular weight excluding hydrogens is 294 g/mol. The lowest BCUT2D eigenvalue weighted by molar-refractivity contribution is 0.0371. The molecule has 7 nitrogen and oxygen atoms in total. The summed E-state index contributed by atoms with van der Waals surface area (Å²) in [6.45, 7) is 8.02. The maximum atomic E-state index is 12.1. The summed E-state index contributed by atoms with van der Waals surface area (Å²) in [5.74, 6) is 1.85. The molecule has 2 aliphatic heterocycles. The van der Waals surface area contributed by atoms with Gasteiger partial charge < -0.3 is 20.7 Å². The number of rotatable bonds is 5. The van der Waals surface area contributed by atoms with Crippen LogP contribution in [0.5, 0.6) is 0 Å². The predicted octanol–water partition coefficient (Wildman–Crippen LogP) is 0.361. The van der Waals surface area contributed by atoms with Gasteiger partial charge in [0, 0.05) is 38.2 Å². The normalized spacial score (nSPS) is 21.0. The molecule has 0 aromatic carbocycles. The van der Waals surface area contributed by atoms with Crippen LogP contribution in [0.1, 0.15) is 35.7 Å². The minimum atomic E-state index is -0.0997. The highest BCUT2D eigenvalue weighted by molar-refractivity contribution is 5.95. The molecule has 1 aromatic rings. The third-order valence-electron chi connectivity index (χ3n) is 4.02. The minimum absolute atomic E-state index is 0.0997. The molecule has 0 saturated carbocycles. The standard InChI is InChI=1S/C16H25N5O2/c1-10(2)7-13-20-14-12(3-4-18-16(14)22)15(21-13)19-9-11-8-17-5-6-23-11/h10-11,17H,3-9H2,1-2H3,(H,18,22)(H,19,20,21). The molecule has 0 spiro atoms. The van der Waals surface area contributed by atoms with Crippen LogP contribution in [-0.4, -0.2) is 54.8 Å². The third-order valence-corrected chi connectivity index (χ3v) is 4.02. The van der Waals surface area contributed by atoms with Gasteiger partial charge >= 0.3 is 0 Å². The average molecular weight is 319 g/mol. The second kappa shape index (κ2) is 7.23. The van der Waals surface area contributed by atoms with Crippen LogP contribution >= 0.6 is 0 Å². The van der Waals surface area contributed by atoms with Gasteiger partial charge in [-0.3, -0.25) is 4.79 Å². The van der Waals surface area contributed by atoms with Crippen molar-refractivity contribution in [1.29, 1.82) is 0 Å². The summed E-state index contributed by atoms with van der Waals surface area (Å²) >= 11 is 0. The number of carbonyl (C=O) groups is 1. The Labute approximate surface area is 136 Å². The van der Waals surface area contributed by atoms with Crippen LogP contribution in [0, 0.1) is 5.92 Å². The van der Waals surface area contributed by atoms with Gasteiger partial charge in [0.05, 0.1) is 12.7 Å². The maximum absolute atomic E-state index is 12.1. The smallest absolute Gasteiger partial charge is 0.270 e. The summed E-state index contributed by atoms with van der Waals surface area (Å²) in [5, 5.41) is 9.56. The van der Waals surface area contributed by atoms with Gasteiger partial charge in [0.2, 0.25) is 0 Å². The molecule has 0 bridgehead atoms. The van der Waals surface area contributed by atoms with E-state index in [0.29, 0.717) is 24.7 Å². The van der Waals surface area contributed by atoms with Crippen LogP contribution in [0.2, 0.25) is 0 Å². The molecule has 2 aliphatic rings. The summed E-state index contributed by atoms with van der Waals surface area (Å²) in [5.41, 5.74) is 1.44. The van der Waals surface area contributed by atoms with Gasteiger partial charge in [0.1, 0.15) is 17.3 Å². The van der Waals surface area contributed by atoms with E-state index in [2.05, 4.69) is 39.8 Å². The molecule has 1 amide bonds. The molecule has 3 heterocycles. The summed E-state index contributed by atoms with van der Waals surface area (Å²) in [6.07, 6.45) is 1.65. The molecule has 1 unspecified atom stereocenters. The van der Waals surface area contributed by atoms with Crippen LogP contribution in [-0.2, 0) is 17.6 Å². The average Bonchev–Trinajstić information content (AvgIpc) is 2.54. The van der Waals surface area contributed by atoms with Crippen molar-refractivity contribution in [3.8, 4) is 0 Å². The van der Waals surface area contributed by atoms with Crippen molar-refractivity contribution in [3.63, 3.8) is 0 Å². The van der Waals surface area contributed by atoms with Crippen LogP contribution in [0.15, 0.2) is 0 Å². The molecule has 126 valence electrons. The fraction of sp³-hybridized carbons (Fsp3) is 0.688. The van der Waals surface area contributed by atoms with Crippen LogP contribution < -0.4 is 16.0 Å². The first-order valence-electron chi connectivity index (χ1n) is 8.37. The molecule has 7 heteroatoms. The number of hydrogen-bond donors (Lipinski definition) is 3. The Kier molecular flexibility index (Phi) is 5.07. The molecule has 23 heavy (non-hydrogen) atoms. The van der Waals surface area contributed by atoms with E-state index in [1.165, 1.54) is 0 Å². The summed E-state index contributed by atoms with van der Waals surface area (Å²) in [6, 6.07) is 0. The number of amides is 1. The first-order chi connectivity index (χ1) is 11.1. The fourth-order valence-corrected chi connectivity index (χ4v) is 2.90. The third kappa shape index (κ3) is 3.97. The number of nitrogens with one attached hydrogen (secondary N) is 3. The van der Waals surface area contributed by atoms with Crippen LogP contribution in [0.4, 0.5) is 5.82 Å². The lowest BCUT2D eigenvalue weighted by Gasteiger charge is -2.25. The van der Waals surface area contributed by atoms with Crippen molar-refractivity contribution < 1.29 is 9.53 Å². The monoisotopic (exact) mass is 319 g/mol. The molecule has 1 aromatic heterocycles. The van der Waals surface area contributed by atoms with E-state index in [1.807, 2.05) is 0 Å². The first kappa shape index (κ1) is 16.1. The summed E-state index contributed by atoms with van der Waals surface area (Å²) in [7, 11) is 0. The summed E-state index contributed by atoms with van der Waals surface area (Å²) < 4.78 is 5.71. The van der Waals surface area contributed by atoms with E-state index in [-0.39, 0.29) is 12.0 Å². The molecular formula is C16H25N5O2. The van der Waals surface area contributed by atoms with Gasteiger partial charge in [-0.1, -0.05) is 13.8 Å². The zero-order valence-electron chi connectivity index (χ0n) is 13.8. The number of fused-ring (bicyclic) bond motifs is 1. The predicted molar refractivity (Wildman–Crippen MR) is 87.7 cm³/mol. The van der Waals surface area contributed by atoms with Gasteiger partial charge in [0.25, 0.3) is 5.91 Å². The Hall–Kier alpha value is -1.73. The number of carbonyl (C=O) groups excluding carboxylic acids is 1. The molecule has 3 N–H and O–H groups in total. The lowest BCUT2D eigenvalue weighted by atomic mass is 10.0. The zero-order valence-corrected chi connectivity index (χ0v) is 13.8. The SMILES string of the molecule is CC(C)Cc1nc(NCC2CNCCO2)c2c(n1)C(=O)NCC2. The highest BCUT2D eigenvalue weighted by Crippen LogP contribution is 2.21. The van der Waals surface area contributed by atoms with Crippen molar-refractivity contribution in [2.24, 2.45) is 5.92 Å². The van der Waals surface area contributed by atoms with Gasteiger partial charge in [-0.2, -0.15) is 0 Å². The summed E-state index contributed by atoms with van der Waals surface area (Å²) in [4.78, 5) is 21.3. The second-order valence-electron chi connectivity index (χ2n) is 6.50. The van der Waals surface area contributed by atoms with E-state index in [0.717, 1.165) is 49.7 Å². The first-order valence-corrected chi connectivity index (χ1v) is 8.37. The largest absolute Gasteiger partial charge is 0.374 e. The van der Waals surface area contributed by atoms with Crippen LogP contribution in [0.3, 0.4) is 0 Å². The van der Waals surface area contributed by atoms with Gasteiger partial charge in [-0.15, -0.1) is 0 Å². The quantitative estimate of drug-likeness (QED) is 0.726. The Bertz CT molecular complexity index is 570. The van der Waals surface area contributed by atoms with Crippen molar-refractivity contribution in [3.05, 3.63) is 17.1 Å². The number of nitrogens with zero attached hydrogens (tertiary/aromatic N) is 2. The lowest BCUT2D eigenvalue weighted by Crippen LogP contribution is -2.42. The number of hydrogen-bond acceptors (Lipinski definition) is 6. The zero-order chi connectivity index (χ0) is 16.2. The fourth-order valence-electron chi connectivity index (χ4n) is 2.90. The van der Waals surface area contributed by atoms with E-state index in [9.17, 15) is 4.79 Å². The van der Waals surface area contributed by atoms with Crippen molar-refractivity contribution >= 4 is 11.7 Å². The second-order valence-corrected chi connectivity index (χ2v) is 6.50. The number of ether oxygens (including phenoxy) is 1. The van der Waals surface area contributed by atoms with E-state index < -0.39 is 0 Å². The number of anilines is 1. The van der Waals surface area contributed by atoms with Gasteiger partial charge in [0.15, 0.2) is 0 Å². The highest BCUT2D eigenvalue weighted by Gasteiger charge is 2.24. The molecule has 3 rings (SSSR count). The maximum Gasteiger partial charge on any atom is 0.270 e. The van der Waals surface area contributed by atoms with E-state index in [1.54, 1.807) is 0 Å². The van der Waals surface area contributed by atoms with Crippen LogP contribution in [0.25, 0.3) is 0 Å². The Morgan fingerprint density at radius 3 is 2.96 bits per heavy atom. The number of aromatic nitrogens is 2. The van der Waals surface area contributed by atoms with Crippen molar-refractivity contribution in [2.75, 3.05) is 38.1 Å². The topological polar surface area (TPSA) is 88.2 Å². The molecule has 1 saturated heterocycles. The van der Waals surface area contributed by atoms with E-state index in [4.69, 9.17) is 4.74 Å². The molecule has 0 radical (unpaired) electrons. The Balaban J connectivity index is 1.81. The Morgan fingerprint density at radius 1 is 1.35 bits per heavy atom. The molecule has 0 aliphatic carbocycles. The van der Waals surface area contributed by atoms with Crippen molar-refractivity contribution in [1.82, 2.24) is 20.6 Å². The molecule has 1 atom stereocenters. The van der Waals surface area contributed by atoms with Gasteiger partial charge in [-0.25, -0.2) is 9.97 Å².